The fourth-order valence-corrected chi connectivity index (χ4v) is 1.48. The quantitative estimate of drug-likeness (QED) is 0.632. The van der Waals surface area contributed by atoms with Crippen molar-refractivity contribution in [2.45, 2.75) is 0 Å². The van der Waals surface area contributed by atoms with Crippen LogP contribution in [0.3, 0.4) is 0 Å². The van der Waals surface area contributed by atoms with E-state index in [9.17, 15) is 0 Å². The SMILES string of the molecule is c1ccc2c(-c3cnco3)n[nH]c2c1. The zero-order chi connectivity index (χ0) is 9.38. The van der Waals surface area contributed by atoms with E-state index in [0.29, 0.717) is 5.76 Å². The monoisotopic (exact) mass is 185 g/mol. The van der Waals surface area contributed by atoms with Crippen LogP contribution in [0.5, 0.6) is 0 Å². The molecule has 0 spiro atoms. The predicted molar refractivity (Wildman–Crippen MR) is 51.6 cm³/mol. The van der Waals surface area contributed by atoms with Gasteiger partial charge in [0, 0.05) is 5.39 Å². The van der Waals surface area contributed by atoms with Gasteiger partial charge < -0.3 is 4.42 Å². The molecule has 0 amide bonds. The molecule has 0 bridgehead atoms. The number of H-pyrrole nitrogens is 1. The molecule has 0 atom stereocenters. The van der Waals surface area contributed by atoms with Gasteiger partial charge in [-0.15, -0.1) is 0 Å². The Morgan fingerprint density at radius 1 is 1.21 bits per heavy atom. The molecule has 0 fully saturated rings. The molecule has 3 rings (SSSR count). The summed E-state index contributed by atoms with van der Waals surface area (Å²) in [7, 11) is 0. The summed E-state index contributed by atoms with van der Waals surface area (Å²) in [5.41, 5.74) is 1.80. The van der Waals surface area contributed by atoms with E-state index in [-0.39, 0.29) is 0 Å². The normalized spacial score (nSPS) is 10.9. The molecule has 0 saturated carbocycles. The summed E-state index contributed by atoms with van der Waals surface area (Å²) in [5.74, 6) is 0.683. The average molecular weight is 185 g/mol. The third kappa shape index (κ3) is 0.939. The van der Waals surface area contributed by atoms with Crippen LogP contribution in [0.4, 0.5) is 0 Å². The Kier molecular flexibility index (Phi) is 1.41. The van der Waals surface area contributed by atoms with Gasteiger partial charge in [0.25, 0.3) is 0 Å². The largest absolute Gasteiger partial charge is 0.442 e. The van der Waals surface area contributed by atoms with E-state index in [0.717, 1.165) is 16.6 Å². The minimum atomic E-state index is 0.683. The summed E-state index contributed by atoms with van der Waals surface area (Å²) in [4.78, 5) is 3.86. The molecule has 68 valence electrons. The van der Waals surface area contributed by atoms with Crippen molar-refractivity contribution in [1.82, 2.24) is 15.2 Å². The van der Waals surface area contributed by atoms with Gasteiger partial charge in [0.2, 0.25) is 0 Å². The second-order valence-corrected chi connectivity index (χ2v) is 2.98. The van der Waals surface area contributed by atoms with E-state index in [1.165, 1.54) is 6.39 Å². The molecule has 0 saturated heterocycles. The van der Waals surface area contributed by atoms with Crippen molar-refractivity contribution in [2.75, 3.05) is 0 Å². The van der Waals surface area contributed by atoms with Crippen molar-refractivity contribution in [3.8, 4) is 11.5 Å². The number of para-hydroxylation sites is 1. The topological polar surface area (TPSA) is 54.7 Å². The van der Waals surface area contributed by atoms with Crippen LogP contribution in [-0.4, -0.2) is 15.2 Å². The second-order valence-electron chi connectivity index (χ2n) is 2.98. The fourth-order valence-electron chi connectivity index (χ4n) is 1.48. The van der Waals surface area contributed by atoms with Crippen molar-refractivity contribution in [2.24, 2.45) is 0 Å². The van der Waals surface area contributed by atoms with Crippen molar-refractivity contribution in [3.63, 3.8) is 0 Å². The fraction of sp³-hybridized carbons (Fsp3) is 0. The van der Waals surface area contributed by atoms with Gasteiger partial charge in [0.15, 0.2) is 12.2 Å². The minimum Gasteiger partial charge on any atom is -0.442 e. The number of oxazole rings is 1. The third-order valence-corrected chi connectivity index (χ3v) is 2.14. The van der Waals surface area contributed by atoms with Gasteiger partial charge in [-0.25, -0.2) is 4.98 Å². The first-order valence-electron chi connectivity index (χ1n) is 4.27. The van der Waals surface area contributed by atoms with E-state index in [2.05, 4.69) is 15.2 Å². The second kappa shape index (κ2) is 2.70. The van der Waals surface area contributed by atoms with Crippen LogP contribution >= 0.6 is 0 Å². The van der Waals surface area contributed by atoms with Crippen LogP contribution in [0.15, 0.2) is 41.3 Å². The number of benzene rings is 1. The number of aromatic nitrogens is 3. The summed E-state index contributed by atoms with van der Waals surface area (Å²) < 4.78 is 5.19. The molecule has 0 aliphatic heterocycles. The molecule has 1 N–H and O–H groups in total. The lowest BCUT2D eigenvalue weighted by atomic mass is 10.2. The highest BCUT2D eigenvalue weighted by molar-refractivity contribution is 5.91. The van der Waals surface area contributed by atoms with E-state index in [4.69, 9.17) is 4.42 Å². The average Bonchev–Trinajstić information content (AvgIpc) is 2.85. The highest BCUT2D eigenvalue weighted by Crippen LogP contribution is 2.24. The Morgan fingerprint density at radius 2 is 2.14 bits per heavy atom. The number of hydrogen-bond donors (Lipinski definition) is 1. The maximum atomic E-state index is 5.19. The number of rotatable bonds is 1. The van der Waals surface area contributed by atoms with Gasteiger partial charge in [0.05, 0.1) is 11.7 Å². The number of fused-ring (bicyclic) bond motifs is 1. The Hall–Kier alpha value is -2.10. The van der Waals surface area contributed by atoms with E-state index in [1.54, 1.807) is 6.20 Å². The predicted octanol–water partition coefficient (Wildman–Crippen LogP) is 2.22. The van der Waals surface area contributed by atoms with E-state index in [1.807, 2.05) is 24.3 Å². The Bertz CT molecular complexity index is 554. The standard InChI is InChI=1S/C10H7N3O/c1-2-4-8-7(3-1)10(13-12-8)9-5-11-6-14-9/h1-6H,(H,12,13). The molecule has 4 heteroatoms. The summed E-state index contributed by atoms with van der Waals surface area (Å²) >= 11 is 0. The molecule has 0 aliphatic rings. The Labute approximate surface area is 79.6 Å². The molecule has 4 nitrogen and oxygen atoms in total. The molecule has 2 heterocycles. The summed E-state index contributed by atoms with van der Waals surface area (Å²) in [6.07, 6.45) is 3.06. The summed E-state index contributed by atoms with van der Waals surface area (Å²) in [6, 6.07) is 7.90. The van der Waals surface area contributed by atoms with Gasteiger partial charge in [-0.1, -0.05) is 18.2 Å². The molecule has 0 aliphatic carbocycles. The van der Waals surface area contributed by atoms with Gasteiger partial charge in [-0.2, -0.15) is 5.10 Å². The van der Waals surface area contributed by atoms with E-state index >= 15 is 0 Å². The van der Waals surface area contributed by atoms with Crippen molar-refractivity contribution >= 4 is 10.9 Å². The maximum Gasteiger partial charge on any atom is 0.181 e. The van der Waals surface area contributed by atoms with Crippen LogP contribution in [0.2, 0.25) is 0 Å². The van der Waals surface area contributed by atoms with E-state index < -0.39 is 0 Å². The lowest BCUT2D eigenvalue weighted by Gasteiger charge is -1.89. The van der Waals surface area contributed by atoms with Crippen molar-refractivity contribution in [1.29, 1.82) is 0 Å². The third-order valence-electron chi connectivity index (χ3n) is 2.14. The van der Waals surface area contributed by atoms with Crippen LogP contribution in [-0.2, 0) is 0 Å². The highest BCUT2D eigenvalue weighted by Gasteiger charge is 2.09. The summed E-state index contributed by atoms with van der Waals surface area (Å²) in [5, 5.41) is 8.16. The first kappa shape index (κ1) is 7.32. The minimum absolute atomic E-state index is 0.683. The van der Waals surface area contributed by atoms with Gasteiger partial charge in [-0.3, -0.25) is 5.10 Å². The summed E-state index contributed by atoms with van der Waals surface area (Å²) in [6.45, 7) is 0. The Morgan fingerprint density at radius 3 is 3.00 bits per heavy atom. The molecule has 1 aromatic carbocycles. The van der Waals surface area contributed by atoms with Crippen LogP contribution in [0, 0.1) is 0 Å². The van der Waals surface area contributed by atoms with Crippen molar-refractivity contribution in [3.05, 3.63) is 36.9 Å². The lowest BCUT2D eigenvalue weighted by molar-refractivity contribution is 0.570. The lowest BCUT2D eigenvalue weighted by Crippen LogP contribution is -1.73. The Balaban J connectivity index is 2.33. The van der Waals surface area contributed by atoms with Crippen LogP contribution in [0.1, 0.15) is 0 Å². The molecule has 2 aromatic heterocycles. The maximum absolute atomic E-state index is 5.19. The number of aromatic amines is 1. The van der Waals surface area contributed by atoms with Gasteiger partial charge >= 0.3 is 0 Å². The molecule has 0 radical (unpaired) electrons. The first-order chi connectivity index (χ1) is 6.95. The molecule has 0 unspecified atom stereocenters. The zero-order valence-corrected chi connectivity index (χ0v) is 7.27. The number of hydrogen-bond acceptors (Lipinski definition) is 3. The highest BCUT2D eigenvalue weighted by atomic mass is 16.3. The number of nitrogens with one attached hydrogen (secondary N) is 1. The smallest absolute Gasteiger partial charge is 0.181 e. The zero-order valence-electron chi connectivity index (χ0n) is 7.27. The number of nitrogens with zero attached hydrogens (tertiary/aromatic N) is 2. The van der Waals surface area contributed by atoms with Crippen molar-refractivity contribution < 1.29 is 4.42 Å². The molecule has 3 aromatic rings. The van der Waals surface area contributed by atoms with Crippen LogP contribution in [0.25, 0.3) is 22.4 Å². The molecular weight excluding hydrogens is 178 g/mol. The van der Waals surface area contributed by atoms with Gasteiger partial charge in [0.1, 0.15) is 5.69 Å². The molecule has 14 heavy (non-hydrogen) atoms. The van der Waals surface area contributed by atoms with Crippen LogP contribution < -0.4 is 0 Å². The van der Waals surface area contributed by atoms with Gasteiger partial charge in [-0.05, 0) is 6.07 Å². The first-order valence-corrected chi connectivity index (χ1v) is 4.27. The molecular formula is C10H7N3O.